The molecule has 1 aliphatic heterocycles. The second kappa shape index (κ2) is 9.33. The first kappa shape index (κ1) is 23.0. The van der Waals surface area contributed by atoms with Crippen molar-refractivity contribution in [1.82, 2.24) is 10.3 Å². The van der Waals surface area contributed by atoms with Gasteiger partial charge in [0, 0.05) is 23.8 Å². The van der Waals surface area contributed by atoms with Crippen LogP contribution in [0.1, 0.15) is 50.1 Å². The van der Waals surface area contributed by atoms with Crippen molar-refractivity contribution in [3.8, 4) is 0 Å². The molecule has 1 aromatic rings. The van der Waals surface area contributed by atoms with E-state index in [0.29, 0.717) is 6.54 Å². The van der Waals surface area contributed by atoms with Crippen LogP contribution in [0.25, 0.3) is 0 Å². The van der Waals surface area contributed by atoms with E-state index in [4.69, 9.17) is 9.72 Å². The van der Waals surface area contributed by atoms with E-state index in [9.17, 15) is 9.90 Å². The molecule has 4 N–H and O–H groups in total. The summed E-state index contributed by atoms with van der Waals surface area (Å²) in [6.07, 6.45) is 2.44. The predicted octanol–water partition coefficient (Wildman–Crippen LogP) is 0.905. The second-order valence-electron chi connectivity index (χ2n) is 10.1. The van der Waals surface area contributed by atoms with Gasteiger partial charge in [0.25, 0.3) is 0 Å². The SMILES string of the molecule is CNc1nc2c(s1)C[C@]1(C)CC[C@@H]([C@H](C)C(=O)NCC[NH+]3CCOCC3)[C@H](O)[C@H]1[C@@H]2C. The molecule has 8 heteroatoms. The van der Waals surface area contributed by atoms with Gasteiger partial charge in [-0.3, -0.25) is 4.79 Å². The topological polar surface area (TPSA) is 87.9 Å². The number of quaternary nitrogens is 1. The summed E-state index contributed by atoms with van der Waals surface area (Å²) in [5.74, 6) is 0.232. The quantitative estimate of drug-likeness (QED) is 0.516. The Hall–Kier alpha value is -1.22. The zero-order valence-electron chi connectivity index (χ0n) is 19.4. The molecule has 6 atom stereocenters. The molecule has 1 aromatic heterocycles. The molecule has 1 saturated carbocycles. The lowest BCUT2D eigenvalue weighted by atomic mass is 9.53. The van der Waals surface area contributed by atoms with E-state index in [-0.39, 0.29) is 35.0 Å². The van der Waals surface area contributed by atoms with Crippen molar-refractivity contribution in [2.75, 3.05) is 51.8 Å². The van der Waals surface area contributed by atoms with Crippen LogP contribution in [-0.4, -0.2) is 68.5 Å². The molecule has 2 heterocycles. The lowest BCUT2D eigenvalue weighted by Gasteiger charge is -2.53. The Labute approximate surface area is 190 Å². The first-order valence-electron chi connectivity index (χ1n) is 11.9. The van der Waals surface area contributed by atoms with Crippen LogP contribution in [-0.2, 0) is 16.0 Å². The molecule has 3 aliphatic rings. The number of anilines is 1. The van der Waals surface area contributed by atoms with E-state index < -0.39 is 6.10 Å². The van der Waals surface area contributed by atoms with Gasteiger partial charge in [0.2, 0.25) is 5.91 Å². The zero-order chi connectivity index (χ0) is 22.2. The standard InChI is InChI=1S/C23H38N4O3S/c1-14(21(29)25-7-8-27-9-11-30-12-10-27)16-5-6-23(3)13-17-19(26-22(24-4)31-17)15(2)18(23)20(16)28/h14-16,18,20,28H,5-13H2,1-4H3,(H,24,26)(H,25,29)/p+1/t14-,15-,16-,18+,20-,23-/m0/s1. The molecular weight excluding hydrogens is 412 g/mol. The van der Waals surface area contributed by atoms with Crippen LogP contribution in [0.5, 0.6) is 0 Å². The maximum atomic E-state index is 12.9. The van der Waals surface area contributed by atoms with Crippen LogP contribution >= 0.6 is 11.3 Å². The summed E-state index contributed by atoms with van der Waals surface area (Å²) in [5.41, 5.74) is 1.21. The highest BCUT2D eigenvalue weighted by Crippen LogP contribution is 2.57. The van der Waals surface area contributed by atoms with E-state index in [1.807, 2.05) is 14.0 Å². The smallest absolute Gasteiger partial charge is 0.223 e. The van der Waals surface area contributed by atoms with Crippen molar-refractivity contribution < 1.29 is 19.5 Å². The van der Waals surface area contributed by atoms with Crippen LogP contribution in [0.3, 0.4) is 0 Å². The number of aromatic nitrogens is 1. The minimum Gasteiger partial charge on any atom is -0.392 e. The highest BCUT2D eigenvalue weighted by molar-refractivity contribution is 7.15. The van der Waals surface area contributed by atoms with Crippen LogP contribution in [0, 0.1) is 23.2 Å². The highest BCUT2D eigenvalue weighted by Gasteiger charge is 2.53. The number of aliphatic hydroxyl groups is 1. The Morgan fingerprint density at radius 1 is 1.42 bits per heavy atom. The first-order chi connectivity index (χ1) is 14.8. The number of aliphatic hydroxyl groups excluding tert-OH is 1. The molecule has 2 fully saturated rings. The molecule has 0 unspecified atom stereocenters. The Balaban J connectivity index is 1.39. The summed E-state index contributed by atoms with van der Waals surface area (Å²) in [5, 5.41) is 18.8. The summed E-state index contributed by atoms with van der Waals surface area (Å²) in [4.78, 5) is 20.6. The molecule has 0 bridgehead atoms. The molecule has 31 heavy (non-hydrogen) atoms. The number of carbonyl (C=O) groups is 1. The summed E-state index contributed by atoms with van der Waals surface area (Å²) in [6.45, 7) is 11.8. The van der Waals surface area contributed by atoms with Crippen molar-refractivity contribution in [1.29, 1.82) is 0 Å². The van der Waals surface area contributed by atoms with Gasteiger partial charge in [0.1, 0.15) is 13.1 Å². The minimum absolute atomic E-state index is 0.000199. The number of ether oxygens (including phenoxy) is 1. The van der Waals surface area contributed by atoms with E-state index in [2.05, 4.69) is 24.5 Å². The Morgan fingerprint density at radius 3 is 2.87 bits per heavy atom. The molecule has 0 aromatic carbocycles. The lowest BCUT2D eigenvalue weighted by Crippen LogP contribution is -3.14. The fourth-order valence-electron chi connectivity index (χ4n) is 6.28. The zero-order valence-corrected chi connectivity index (χ0v) is 20.2. The number of amides is 1. The van der Waals surface area contributed by atoms with E-state index in [1.165, 1.54) is 9.78 Å². The largest absolute Gasteiger partial charge is 0.392 e. The van der Waals surface area contributed by atoms with Gasteiger partial charge in [-0.2, -0.15) is 0 Å². The molecule has 174 valence electrons. The summed E-state index contributed by atoms with van der Waals surface area (Å²) >= 11 is 1.75. The van der Waals surface area contributed by atoms with E-state index in [0.717, 1.165) is 62.9 Å². The second-order valence-corrected chi connectivity index (χ2v) is 11.2. The molecular formula is C23H39N4O3S+. The van der Waals surface area contributed by atoms with Crippen LogP contribution in [0.15, 0.2) is 0 Å². The molecule has 1 amide bonds. The van der Waals surface area contributed by atoms with Gasteiger partial charge in [-0.05, 0) is 36.5 Å². The lowest BCUT2D eigenvalue weighted by molar-refractivity contribution is -0.906. The maximum Gasteiger partial charge on any atom is 0.223 e. The minimum atomic E-state index is -0.479. The van der Waals surface area contributed by atoms with Crippen molar-refractivity contribution in [2.24, 2.45) is 23.2 Å². The number of carbonyl (C=O) groups excluding carboxylic acids is 1. The van der Waals surface area contributed by atoms with E-state index in [1.54, 1.807) is 11.3 Å². The third kappa shape index (κ3) is 4.49. The van der Waals surface area contributed by atoms with Gasteiger partial charge in [0.05, 0.1) is 38.1 Å². The van der Waals surface area contributed by atoms with Gasteiger partial charge in [-0.25, -0.2) is 4.98 Å². The van der Waals surface area contributed by atoms with Gasteiger partial charge in [0.15, 0.2) is 5.13 Å². The number of rotatable bonds is 6. The van der Waals surface area contributed by atoms with Gasteiger partial charge < -0.3 is 25.4 Å². The van der Waals surface area contributed by atoms with Gasteiger partial charge in [-0.1, -0.05) is 20.8 Å². The van der Waals surface area contributed by atoms with Crippen molar-refractivity contribution in [3.63, 3.8) is 0 Å². The number of nitrogens with zero attached hydrogens (tertiary/aromatic N) is 1. The van der Waals surface area contributed by atoms with Crippen LogP contribution in [0.2, 0.25) is 0 Å². The summed E-state index contributed by atoms with van der Waals surface area (Å²) in [6, 6.07) is 0. The Morgan fingerprint density at radius 2 is 2.16 bits per heavy atom. The maximum absolute atomic E-state index is 12.9. The summed E-state index contributed by atoms with van der Waals surface area (Å²) < 4.78 is 5.40. The van der Waals surface area contributed by atoms with Crippen molar-refractivity contribution >= 4 is 22.4 Å². The molecule has 1 saturated heterocycles. The Bertz CT molecular complexity index is 781. The normalized spacial score (nSPS) is 34.5. The molecule has 0 radical (unpaired) electrons. The average molecular weight is 452 g/mol. The number of thiazole rings is 1. The fourth-order valence-corrected chi connectivity index (χ4v) is 7.50. The molecule has 4 rings (SSSR count). The highest BCUT2D eigenvalue weighted by atomic mass is 32.1. The van der Waals surface area contributed by atoms with Crippen LogP contribution < -0.4 is 15.5 Å². The number of morpholine rings is 1. The average Bonchev–Trinajstić information content (AvgIpc) is 3.17. The molecule has 2 aliphatic carbocycles. The van der Waals surface area contributed by atoms with Crippen LogP contribution in [0.4, 0.5) is 5.13 Å². The van der Waals surface area contributed by atoms with Gasteiger partial charge >= 0.3 is 0 Å². The number of hydrogen-bond donors (Lipinski definition) is 4. The summed E-state index contributed by atoms with van der Waals surface area (Å²) in [7, 11) is 1.91. The Kier molecular flexibility index (Phi) is 6.91. The molecule has 0 spiro atoms. The monoisotopic (exact) mass is 451 g/mol. The first-order valence-corrected chi connectivity index (χ1v) is 12.7. The number of hydrogen-bond acceptors (Lipinski definition) is 6. The predicted molar refractivity (Wildman–Crippen MR) is 123 cm³/mol. The molecule has 7 nitrogen and oxygen atoms in total. The fraction of sp³-hybridized carbons (Fsp3) is 0.826. The third-order valence-electron chi connectivity index (χ3n) is 8.17. The van der Waals surface area contributed by atoms with Gasteiger partial charge in [-0.15, -0.1) is 11.3 Å². The van der Waals surface area contributed by atoms with Crippen molar-refractivity contribution in [2.45, 2.75) is 52.1 Å². The number of nitrogens with one attached hydrogen (secondary N) is 3. The van der Waals surface area contributed by atoms with Crippen molar-refractivity contribution in [3.05, 3.63) is 10.6 Å². The van der Waals surface area contributed by atoms with E-state index >= 15 is 0 Å². The third-order valence-corrected chi connectivity index (χ3v) is 9.26. The number of fused-ring (bicyclic) bond motifs is 2.